The zero-order valence-electron chi connectivity index (χ0n) is 39.6. The number of rotatable bonds is 5. The SMILES string of the molecule is CO[C@H]1C[C@@H]2CC[C@@H](C)[C@@](O)(O2)C(=O)C(=O)N2CCCC[C@H]2C(=O)O[C@H]([C@H](C)C[C@@H]2CC[C@@H](O)[C@H](O)C2)CC(=O)[C@H](C)/C=C(/C)[C@@H](O)[C@@H](OC)C(=O)[C@H](C)C[C@H](C)/C=C\C=CC=C1C. The maximum Gasteiger partial charge on any atom is 0.329 e. The second-order valence-electron chi connectivity index (χ2n) is 19.4. The number of carbonyl (C=O) groups is 5. The summed E-state index contributed by atoms with van der Waals surface area (Å²) in [6.07, 6.45) is 9.61. The Morgan fingerprint density at radius 2 is 1.56 bits per heavy atom. The highest BCUT2D eigenvalue weighted by atomic mass is 16.6. The molecule has 64 heavy (non-hydrogen) atoms. The highest BCUT2D eigenvalue weighted by molar-refractivity contribution is 6.39. The van der Waals surface area contributed by atoms with Gasteiger partial charge in [0, 0.05) is 51.4 Å². The van der Waals surface area contributed by atoms with E-state index in [-0.39, 0.29) is 42.8 Å². The molecule has 360 valence electrons. The van der Waals surface area contributed by atoms with Gasteiger partial charge in [-0.1, -0.05) is 71.1 Å². The van der Waals surface area contributed by atoms with Crippen LogP contribution in [0.25, 0.3) is 0 Å². The Balaban J connectivity index is 1.70. The van der Waals surface area contributed by atoms with Crippen LogP contribution in [0.1, 0.15) is 126 Å². The zero-order valence-corrected chi connectivity index (χ0v) is 39.6. The van der Waals surface area contributed by atoms with Crippen LogP contribution in [0.2, 0.25) is 0 Å². The third-order valence-corrected chi connectivity index (χ3v) is 14.2. The van der Waals surface area contributed by atoms with Crippen LogP contribution in [0.5, 0.6) is 0 Å². The third-order valence-electron chi connectivity index (χ3n) is 14.2. The number of aliphatic hydroxyl groups is 4. The molecule has 1 saturated carbocycles. The van der Waals surface area contributed by atoms with Crippen molar-refractivity contribution >= 4 is 29.2 Å². The van der Waals surface area contributed by atoms with Crippen LogP contribution in [0.4, 0.5) is 0 Å². The van der Waals surface area contributed by atoms with Crippen molar-refractivity contribution in [3.8, 4) is 0 Å². The van der Waals surface area contributed by atoms with E-state index in [0.717, 1.165) is 5.57 Å². The minimum absolute atomic E-state index is 0.0134. The number of fused-ring (bicyclic) bond motifs is 3. The van der Waals surface area contributed by atoms with Gasteiger partial charge in [-0.05, 0) is 107 Å². The zero-order chi connectivity index (χ0) is 47.5. The fraction of sp³-hybridized carbons (Fsp3) is 0.740. The number of piperidine rings is 1. The van der Waals surface area contributed by atoms with Crippen molar-refractivity contribution in [3.63, 3.8) is 0 Å². The summed E-state index contributed by atoms with van der Waals surface area (Å²) in [6, 6.07) is -1.16. The Labute approximate surface area is 380 Å². The molecular formula is C50H77NO13. The van der Waals surface area contributed by atoms with E-state index in [1.807, 2.05) is 51.2 Å². The van der Waals surface area contributed by atoms with Gasteiger partial charge in [0.2, 0.25) is 5.79 Å². The van der Waals surface area contributed by atoms with Crippen molar-refractivity contribution in [2.24, 2.45) is 35.5 Å². The number of methoxy groups -OCH3 is 2. The molecule has 0 aromatic carbocycles. The summed E-state index contributed by atoms with van der Waals surface area (Å²) in [5, 5.41) is 43.9. The van der Waals surface area contributed by atoms with Crippen molar-refractivity contribution in [3.05, 3.63) is 47.6 Å². The van der Waals surface area contributed by atoms with Crippen LogP contribution in [0, 0.1) is 35.5 Å². The summed E-state index contributed by atoms with van der Waals surface area (Å²) in [6.45, 7) is 12.6. The number of nitrogens with zero attached hydrogens (tertiary/aromatic N) is 1. The van der Waals surface area contributed by atoms with Crippen molar-refractivity contribution in [1.82, 2.24) is 4.90 Å². The van der Waals surface area contributed by atoms with E-state index < -0.39 is 95.9 Å². The first-order chi connectivity index (χ1) is 30.2. The van der Waals surface area contributed by atoms with Gasteiger partial charge in [0.15, 0.2) is 5.78 Å². The highest BCUT2D eigenvalue weighted by Crippen LogP contribution is 2.37. The van der Waals surface area contributed by atoms with Gasteiger partial charge in [0.1, 0.15) is 30.1 Å². The molecule has 0 radical (unpaired) electrons. The number of esters is 1. The van der Waals surface area contributed by atoms with Gasteiger partial charge in [0.25, 0.3) is 11.7 Å². The number of hydrogen-bond donors (Lipinski definition) is 4. The largest absolute Gasteiger partial charge is 0.460 e. The fourth-order valence-corrected chi connectivity index (χ4v) is 9.88. The topological polar surface area (TPSA) is 206 Å². The monoisotopic (exact) mass is 900 g/mol. The van der Waals surface area contributed by atoms with Gasteiger partial charge in [-0.2, -0.15) is 0 Å². The molecule has 3 fully saturated rings. The van der Waals surface area contributed by atoms with Crippen molar-refractivity contribution in [1.29, 1.82) is 0 Å². The molecule has 0 aromatic heterocycles. The van der Waals surface area contributed by atoms with Crippen LogP contribution in [-0.4, -0.2) is 130 Å². The molecule has 0 unspecified atom stereocenters. The summed E-state index contributed by atoms with van der Waals surface area (Å²) < 4.78 is 23.7. The minimum atomic E-state index is -2.44. The van der Waals surface area contributed by atoms with Gasteiger partial charge in [0.05, 0.1) is 24.4 Å². The minimum Gasteiger partial charge on any atom is -0.460 e. The van der Waals surface area contributed by atoms with E-state index in [2.05, 4.69) is 0 Å². The van der Waals surface area contributed by atoms with E-state index in [1.54, 1.807) is 40.9 Å². The Morgan fingerprint density at radius 3 is 2.23 bits per heavy atom. The normalized spacial score (nSPS) is 39.5. The second kappa shape index (κ2) is 24.4. The van der Waals surface area contributed by atoms with E-state index >= 15 is 0 Å². The van der Waals surface area contributed by atoms with Crippen LogP contribution in [0.3, 0.4) is 0 Å². The fourth-order valence-electron chi connectivity index (χ4n) is 9.88. The maximum atomic E-state index is 14.3. The van der Waals surface area contributed by atoms with E-state index in [9.17, 15) is 44.4 Å². The molecule has 0 spiro atoms. The summed E-state index contributed by atoms with van der Waals surface area (Å²) in [5.74, 6) is -8.29. The molecule has 2 saturated heterocycles. The molecule has 0 aromatic rings. The van der Waals surface area contributed by atoms with Gasteiger partial charge in [-0.25, -0.2) is 4.79 Å². The van der Waals surface area contributed by atoms with Crippen LogP contribution in [-0.2, 0) is 42.9 Å². The Bertz CT molecular complexity index is 1740. The number of allylic oxidation sites excluding steroid dienone is 6. The second-order valence-corrected chi connectivity index (χ2v) is 19.4. The molecule has 15 atom stereocenters. The molecule has 14 heteroatoms. The van der Waals surface area contributed by atoms with Gasteiger partial charge >= 0.3 is 5.97 Å². The number of hydrogen-bond acceptors (Lipinski definition) is 13. The number of ketones is 3. The van der Waals surface area contributed by atoms with Crippen LogP contribution in [0.15, 0.2) is 47.6 Å². The number of Topliss-reactive ketones (excluding diaryl/α,β-unsaturated/α-hetero) is 3. The summed E-state index contributed by atoms with van der Waals surface area (Å²) in [4.78, 5) is 71.5. The molecule has 2 bridgehead atoms. The molecule has 4 N–H and O–H groups in total. The first-order valence-electron chi connectivity index (χ1n) is 23.5. The molecule has 1 amide bonds. The molecule has 3 aliphatic heterocycles. The highest BCUT2D eigenvalue weighted by Gasteiger charge is 2.53. The molecule has 1 aliphatic carbocycles. The molecule has 14 nitrogen and oxygen atoms in total. The van der Waals surface area contributed by atoms with E-state index in [1.165, 1.54) is 12.0 Å². The number of aliphatic hydroxyl groups excluding tert-OH is 3. The van der Waals surface area contributed by atoms with E-state index in [4.69, 9.17) is 18.9 Å². The quantitative estimate of drug-likeness (QED) is 0.153. The first kappa shape index (κ1) is 53.2. The Kier molecular flexibility index (Phi) is 20.3. The average molecular weight is 900 g/mol. The average Bonchev–Trinajstić information content (AvgIpc) is 3.26. The Hall–Kier alpha value is -3.37. The predicted octanol–water partition coefficient (Wildman–Crippen LogP) is 5.53. The first-order valence-corrected chi connectivity index (χ1v) is 23.5. The lowest BCUT2D eigenvalue weighted by Crippen LogP contribution is -2.61. The smallest absolute Gasteiger partial charge is 0.329 e. The summed E-state index contributed by atoms with van der Waals surface area (Å²) in [7, 11) is 2.94. The van der Waals surface area contributed by atoms with Crippen molar-refractivity contribution < 1.29 is 63.3 Å². The third kappa shape index (κ3) is 13.8. The number of amides is 1. The molecule has 4 rings (SSSR count). The number of cyclic esters (lactones) is 1. The lowest BCUT2D eigenvalue weighted by molar-refractivity contribution is -0.265. The van der Waals surface area contributed by atoms with Gasteiger partial charge in [-0.3, -0.25) is 19.2 Å². The van der Waals surface area contributed by atoms with Crippen molar-refractivity contribution in [2.75, 3.05) is 20.8 Å². The van der Waals surface area contributed by atoms with E-state index in [0.29, 0.717) is 69.8 Å². The summed E-state index contributed by atoms with van der Waals surface area (Å²) in [5.41, 5.74) is 1.24. The Morgan fingerprint density at radius 1 is 0.844 bits per heavy atom. The standard InChI is InChI=1S/C50H77NO13/c1-29-15-11-10-12-16-30(2)42(61-8)27-37-20-18-35(7)50(60,64-37)47(57)48(58)51-22-14-13-17-38(51)49(59)63-43(32(4)25-36-19-21-39(52)41(54)26-36)28-40(53)31(3)24-34(6)45(56)46(62-9)44(55)33(5)23-29/h10-12,15-16,24,29,31-33,35-39,41-43,45-46,52,54,56,60H,13-14,17-23,25-28H2,1-9H3/b12-10?,15-11-,30-16?,34-24-/t29-,31-,32-,33-,35-,36+,37+,38+,39-,41-,42+,43+,45-,46+,50-/m1/s1. The molecular weight excluding hydrogens is 823 g/mol. The lowest BCUT2D eigenvalue weighted by atomic mass is 9.78. The van der Waals surface area contributed by atoms with Crippen LogP contribution < -0.4 is 0 Å². The maximum absolute atomic E-state index is 14.3. The molecule has 4 aliphatic rings. The lowest BCUT2D eigenvalue weighted by Gasteiger charge is -2.42. The summed E-state index contributed by atoms with van der Waals surface area (Å²) >= 11 is 0. The predicted molar refractivity (Wildman–Crippen MR) is 240 cm³/mol. The number of ether oxygens (including phenoxy) is 4. The van der Waals surface area contributed by atoms with Gasteiger partial charge < -0.3 is 44.3 Å². The van der Waals surface area contributed by atoms with Gasteiger partial charge in [-0.15, -0.1) is 0 Å². The number of carbonyl (C=O) groups excluding carboxylic acids is 5. The van der Waals surface area contributed by atoms with Crippen molar-refractivity contribution in [2.45, 2.75) is 180 Å². The van der Waals surface area contributed by atoms with Crippen LogP contribution >= 0.6 is 0 Å². The molecule has 3 heterocycles.